The van der Waals surface area contributed by atoms with Crippen LogP contribution in [0.25, 0.3) is 22.7 Å². The van der Waals surface area contributed by atoms with Gasteiger partial charge < -0.3 is 45.6 Å². The van der Waals surface area contributed by atoms with Gasteiger partial charge in [0.1, 0.15) is 39.6 Å². The average molecular weight is 1650 g/mol. The first-order chi connectivity index (χ1) is 54.2. The van der Waals surface area contributed by atoms with Crippen molar-refractivity contribution in [1.82, 2.24) is 97.8 Å². The van der Waals surface area contributed by atoms with E-state index in [1.165, 1.54) is 13.3 Å². The number of hydrogen-bond acceptors (Lipinski definition) is 21. The number of aromatic nitrogens is 16. The van der Waals surface area contributed by atoms with E-state index >= 15 is 0 Å². The molecule has 117 heavy (non-hydrogen) atoms. The van der Waals surface area contributed by atoms with Crippen LogP contribution in [0.15, 0.2) is 98.6 Å². The molecule has 0 fully saturated rings. The molecule has 2 aromatic carbocycles. The molecule has 4 aliphatic rings. The molecule has 33 nitrogen and oxygen atoms in total. The molecule has 0 radical (unpaired) electrons. The summed E-state index contributed by atoms with van der Waals surface area (Å²) in [6.45, 7) is 29.1. The van der Waals surface area contributed by atoms with Crippen LogP contribution in [0.3, 0.4) is 0 Å². The van der Waals surface area contributed by atoms with E-state index in [1.807, 2.05) is 121 Å². The van der Waals surface area contributed by atoms with Gasteiger partial charge in [0, 0.05) is 79.6 Å². The Kier molecular flexibility index (Phi) is 30.2. The van der Waals surface area contributed by atoms with Crippen LogP contribution in [0, 0.1) is 34.9 Å². The maximum atomic E-state index is 13.5. The number of ether oxygens (including phenoxy) is 6. The second-order valence-corrected chi connectivity index (χ2v) is 30.8. The molecule has 41 heteroatoms. The number of aliphatic hydroxyl groups is 1. The van der Waals surface area contributed by atoms with Crippen LogP contribution in [0.5, 0.6) is 0 Å². The Labute approximate surface area is 695 Å². The van der Waals surface area contributed by atoms with Gasteiger partial charge in [-0.25, -0.2) is 64.2 Å². The molecule has 0 unspecified atom stereocenters. The first kappa shape index (κ1) is 91.8. The van der Waals surface area contributed by atoms with Crippen molar-refractivity contribution in [2.45, 2.75) is 210 Å². The van der Waals surface area contributed by atoms with Crippen molar-refractivity contribution < 1.29 is 104 Å². The van der Waals surface area contributed by atoms with E-state index < -0.39 is 57.7 Å². The molecule has 0 bridgehead atoms. The smallest absolute Gasteiger partial charge is 1.00 e. The van der Waals surface area contributed by atoms with E-state index in [0.29, 0.717) is 70.3 Å². The van der Waals surface area contributed by atoms with Gasteiger partial charge in [0.2, 0.25) is 5.91 Å². The molecule has 4 atom stereocenters. The largest absolute Gasteiger partial charge is 1.00 e. The first-order valence-electron chi connectivity index (χ1n) is 36.6. The predicted octanol–water partition coefficient (Wildman–Crippen LogP) is 6.27. The van der Waals surface area contributed by atoms with E-state index in [2.05, 4.69) is 40.8 Å². The number of halogens is 6. The van der Waals surface area contributed by atoms with Crippen molar-refractivity contribution >= 4 is 53.2 Å². The molecular formula is C76H99AlF6LiN21O12. The zero-order valence-electron chi connectivity index (χ0n) is 68.8. The van der Waals surface area contributed by atoms with Crippen molar-refractivity contribution in [3.8, 4) is 22.7 Å². The van der Waals surface area contributed by atoms with Crippen molar-refractivity contribution in [2.75, 3.05) is 27.1 Å². The summed E-state index contributed by atoms with van der Waals surface area (Å²) in [6.07, 6.45) is 19.2. The number of nitrogens with two attached hydrogens (primary N) is 1. The maximum Gasteiger partial charge on any atom is 1.00 e. The second-order valence-electron chi connectivity index (χ2n) is 30.8. The van der Waals surface area contributed by atoms with Crippen LogP contribution in [0.1, 0.15) is 147 Å². The summed E-state index contributed by atoms with van der Waals surface area (Å²) in [4.78, 5) is 68.8. The van der Waals surface area contributed by atoms with Crippen molar-refractivity contribution in [2.24, 2.45) is 0 Å². The number of aliphatic hydroxyl groups excluding tert-OH is 1. The molecule has 8 aromatic heterocycles. The zero-order chi connectivity index (χ0) is 83.9. The quantitative estimate of drug-likeness (QED) is 0.0339. The second kappa shape index (κ2) is 38.6. The Bertz CT molecular complexity index is 5070. The van der Waals surface area contributed by atoms with E-state index in [9.17, 15) is 55.4 Å². The van der Waals surface area contributed by atoms with Crippen molar-refractivity contribution in [3.05, 3.63) is 184 Å². The number of fused-ring (bicyclic) bond motifs is 4. The number of rotatable bonds is 12. The molecular weight excluding hydrogens is 1550 g/mol. The van der Waals surface area contributed by atoms with E-state index in [0.717, 1.165) is 80.8 Å². The minimum atomic E-state index is -1.54. The first-order valence-corrected chi connectivity index (χ1v) is 36.6. The Morgan fingerprint density at radius 1 is 0.444 bits per heavy atom. The maximum absolute atomic E-state index is 13.5. The Morgan fingerprint density at radius 2 is 0.744 bits per heavy atom. The minimum Gasteiger partial charge on any atom is -1.00 e. The Balaban J connectivity index is 0.000000208. The molecule has 4 amide bonds. The molecule has 3 N–H and O–H groups in total. The van der Waals surface area contributed by atoms with Crippen LogP contribution in [-0.4, -0.2) is 213 Å². The average Bonchev–Trinajstić information content (AvgIpc) is 1.63. The van der Waals surface area contributed by atoms with Gasteiger partial charge in [-0.05, 0) is 108 Å². The summed E-state index contributed by atoms with van der Waals surface area (Å²) in [5.41, 5.74) is 12.8. The van der Waals surface area contributed by atoms with Gasteiger partial charge in [0.05, 0.1) is 182 Å². The number of nitrogen functional groups attached to an aromatic ring is 1. The van der Waals surface area contributed by atoms with Gasteiger partial charge in [-0.15, -0.1) is 0 Å². The summed E-state index contributed by atoms with van der Waals surface area (Å²) >= 11 is 0. The van der Waals surface area contributed by atoms with Gasteiger partial charge >= 0.3 is 43.1 Å². The van der Waals surface area contributed by atoms with E-state index in [-0.39, 0.29) is 117 Å². The van der Waals surface area contributed by atoms with Crippen LogP contribution in [0.4, 0.5) is 46.4 Å². The van der Waals surface area contributed by atoms with Gasteiger partial charge in [-0.1, -0.05) is 0 Å². The zero-order valence-corrected chi connectivity index (χ0v) is 67.8. The van der Waals surface area contributed by atoms with Gasteiger partial charge in [-0.3, -0.25) is 38.2 Å². The van der Waals surface area contributed by atoms with Gasteiger partial charge in [0.15, 0.2) is 52.3 Å². The third kappa shape index (κ3) is 22.7. The van der Waals surface area contributed by atoms with Crippen LogP contribution in [-0.2, 0) is 112 Å². The summed E-state index contributed by atoms with van der Waals surface area (Å²) in [5.74, 6) is -8.96. The number of esters is 1. The summed E-state index contributed by atoms with van der Waals surface area (Å²) in [7, 11) is 4.57. The standard InChI is InChI=1S/C20H20F3N5O2.C17H23N5O4.C17H25N5O3.C16H23N5O3.C6H4F3N.Al.Li.4H/c1-12-8-27-18(17(7-25-27)28-9-14(6-24-28)11-30-2)10-26(12)19(29)5-13-3-15(21)20(23)16(22)4-13;1-11-8-21-14(10-20(11)16(24)26-17(2,3)4)13(7-19-21)22-9-12(6-18-22)15(23)25-5;1-12-8-21-15(10-20(12)16(23)25-17(2,3)4)14(7-19-21)22-9-13(6-18-22)11-24-5;1-11-7-20-14(9-19(11)15(23)24-16(2,3)4)13(6-18-20)21-8-12(10-22)5-17-21;7-4-1-3(10)2-5(8)6(4)9;;;;;;/h3-4,6-7,9,12H,5,8,10-11H2,1-2H3;6-7,9,11H,8,10H2,1-5H3;6-7,9,12H,8,10-11H2,1-5H3;5-6,8,11,22H,7,9-10H2,1-4H3;1-2H,10H2;;;;;;/q;;;;;;+1;;;;-1/t12-;11-;12-;11-;;;;;;;/m0000......./s1. The van der Waals surface area contributed by atoms with E-state index in [1.54, 1.807) is 108 Å². The number of anilines is 1. The molecule has 14 rings (SSSR count). The molecule has 0 saturated heterocycles. The molecule has 0 spiro atoms. The molecule has 10 aromatic rings. The van der Waals surface area contributed by atoms with E-state index in [4.69, 9.17) is 34.2 Å². The Hall–Kier alpha value is -10.7. The normalized spacial score (nSPS) is 16.1. The molecule has 626 valence electrons. The molecule has 0 saturated carbocycles. The fourth-order valence-corrected chi connectivity index (χ4v) is 12.6. The third-order valence-electron chi connectivity index (χ3n) is 18.2. The molecule has 4 aliphatic heterocycles. The van der Waals surface area contributed by atoms with Crippen LogP contribution < -0.4 is 24.6 Å². The third-order valence-corrected chi connectivity index (χ3v) is 18.2. The summed E-state index contributed by atoms with van der Waals surface area (Å²) in [5, 5.41) is 44.0. The van der Waals surface area contributed by atoms with Gasteiger partial charge in [0.25, 0.3) is 0 Å². The molecule has 0 aliphatic carbocycles. The molecule has 12 heterocycles. The summed E-state index contributed by atoms with van der Waals surface area (Å²) in [6, 6.07) is 2.92. The number of nitrogens with zero attached hydrogens (tertiary/aromatic N) is 20. The minimum absolute atomic E-state index is 0. The topological polar surface area (TPSA) is 343 Å². The van der Waals surface area contributed by atoms with Crippen LogP contribution >= 0.6 is 0 Å². The fourth-order valence-electron chi connectivity index (χ4n) is 12.6. The number of carbonyl (C=O) groups is 5. The number of benzene rings is 2. The number of hydrogen-bond donors (Lipinski definition) is 2. The summed E-state index contributed by atoms with van der Waals surface area (Å²) < 4.78 is 122. The van der Waals surface area contributed by atoms with Crippen molar-refractivity contribution in [1.29, 1.82) is 0 Å². The fraction of sp³-hybridized carbons (Fsp3) is 0.461. The SMILES string of the molecule is COC(=O)c1cnn(-c2cnn3c2CN(C(=O)OC(C)(C)C)[C@@H](C)C3)c1.COCc1cnn(-c2cnn3c2CN(C(=O)Cc2cc(F)c(F)c(F)c2)[C@@H](C)C3)c1.COCc1cnn(-c2cnn3c2CN(C(=O)OC(C)(C)C)[C@@H](C)C3)c1.C[C@H]1Cn2ncc(-n3cc(CO)cn3)c2CN1C(=O)OC(C)(C)C.Nc1cc(F)c(F)c(F)c1.[AlH3].[H-].[Li+]. The van der Waals surface area contributed by atoms with Gasteiger partial charge in [-0.2, -0.15) is 40.8 Å². The number of methoxy groups -OCH3 is 3. The predicted molar refractivity (Wildman–Crippen MR) is 412 cm³/mol. The monoisotopic (exact) mass is 1650 g/mol. The number of carbonyl (C=O) groups excluding carboxylic acids is 5. The van der Waals surface area contributed by atoms with Crippen LogP contribution in [0.2, 0.25) is 0 Å². The number of amides is 4. The van der Waals surface area contributed by atoms with Crippen molar-refractivity contribution in [3.63, 3.8) is 0 Å². The Morgan fingerprint density at radius 3 is 1.06 bits per heavy atom.